The first kappa shape index (κ1) is 15.4. The Morgan fingerprint density at radius 3 is 2.43 bits per heavy atom. The van der Waals surface area contributed by atoms with Gasteiger partial charge < -0.3 is 10.5 Å². The fourth-order valence-corrected chi connectivity index (χ4v) is 2.38. The minimum Gasteiger partial charge on any atom is -0.494 e. The largest absolute Gasteiger partial charge is 0.494 e. The molecule has 2 aromatic carbocycles. The molecule has 2 N–H and O–H groups in total. The summed E-state index contributed by atoms with van der Waals surface area (Å²) in [5, 5.41) is 0. The summed E-state index contributed by atoms with van der Waals surface area (Å²) in [6.45, 7) is 0.419. The van der Waals surface area contributed by atoms with Crippen LogP contribution in [0.2, 0.25) is 0 Å². The first-order valence-electron chi connectivity index (χ1n) is 6.90. The van der Waals surface area contributed by atoms with Crippen molar-refractivity contribution in [2.75, 3.05) is 13.7 Å². The molecule has 4 heteroatoms. The minimum absolute atomic E-state index is 0.0645. The highest BCUT2D eigenvalue weighted by molar-refractivity contribution is 5.29. The van der Waals surface area contributed by atoms with E-state index in [-0.39, 0.29) is 17.5 Å². The maximum atomic E-state index is 13.7. The smallest absolute Gasteiger partial charge is 0.165 e. The highest BCUT2D eigenvalue weighted by Crippen LogP contribution is 2.21. The van der Waals surface area contributed by atoms with Crippen molar-refractivity contribution in [1.82, 2.24) is 0 Å². The minimum atomic E-state index is -0.392. The van der Waals surface area contributed by atoms with Crippen molar-refractivity contribution in [2.24, 2.45) is 11.7 Å². The quantitative estimate of drug-likeness (QED) is 0.886. The lowest BCUT2D eigenvalue weighted by molar-refractivity contribution is 0.385. The van der Waals surface area contributed by atoms with Crippen LogP contribution in [0.4, 0.5) is 8.78 Å². The number of nitrogens with two attached hydrogens (primary N) is 1. The third-order valence-corrected chi connectivity index (χ3v) is 3.54. The summed E-state index contributed by atoms with van der Waals surface area (Å²) in [5.41, 5.74) is 7.25. The van der Waals surface area contributed by atoms with Gasteiger partial charge >= 0.3 is 0 Å². The van der Waals surface area contributed by atoms with Crippen LogP contribution in [0, 0.1) is 17.6 Å². The zero-order valence-corrected chi connectivity index (χ0v) is 12.0. The van der Waals surface area contributed by atoms with Crippen LogP contribution in [0.25, 0.3) is 0 Å². The third kappa shape index (κ3) is 4.02. The van der Waals surface area contributed by atoms with Crippen molar-refractivity contribution < 1.29 is 13.5 Å². The molecule has 0 radical (unpaired) electrons. The Bertz CT molecular complexity index is 601. The second-order valence-corrected chi connectivity index (χ2v) is 5.07. The van der Waals surface area contributed by atoms with E-state index in [4.69, 9.17) is 10.5 Å². The van der Waals surface area contributed by atoms with Crippen LogP contribution in [0.5, 0.6) is 5.75 Å². The lowest BCUT2D eigenvalue weighted by atomic mass is 9.92. The van der Waals surface area contributed by atoms with Gasteiger partial charge in [-0.2, -0.15) is 0 Å². The molecule has 0 heterocycles. The van der Waals surface area contributed by atoms with Crippen molar-refractivity contribution in [1.29, 1.82) is 0 Å². The third-order valence-electron chi connectivity index (χ3n) is 3.54. The Hall–Kier alpha value is -1.94. The van der Waals surface area contributed by atoms with Crippen molar-refractivity contribution in [3.8, 4) is 5.75 Å². The molecule has 1 unspecified atom stereocenters. The Balaban J connectivity index is 2.09. The zero-order valence-electron chi connectivity index (χ0n) is 12.0. The normalized spacial score (nSPS) is 12.2. The lowest BCUT2D eigenvalue weighted by Gasteiger charge is -2.16. The SMILES string of the molecule is COc1ccc(CC(CN)Cc2ccccc2F)cc1F. The highest BCUT2D eigenvalue weighted by atomic mass is 19.1. The maximum Gasteiger partial charge on any atom is 0.165 e. The first-order valence-corrected chi connectivity index (χ1v) is 6.90. The fraction of sp³-hybridized carbons (Fsp3) is 0.294. The molecular weight excluding hydrogens is 272 g/mol. The summed E-state index contributed by atoms with van der Waals surface area (Å²) in [7, 11) is 1.43. The monoisotopic (exact) mass is 291 g/mol. The fourth-order valence-electron chi connectivity index (χ4n) is 2.38. The van der Waals surface area contributed by atoms with E-state index >= 15 is 0 Å². The molecule has 0 saturated heterocycles. The van der Waals surface area contributed by atoms with Gasteiger partial charge in [0.05, 0.1) is 7.11 Å². The Morgan fingerprint density at radius 2 is 1.81 bits per heavy atom. The predicted octanol–water partition coefficient (Wildman–Crippen LogP) is 3.33. The van der Waals surface area contributed by atoms with Gasteiger partial charge in [-0.05, 0) is 54.6 Å². The molecule has 112 valence electrons. The molecule has 0 spiro atoms. The van der Waals surface area contributed by atoms with Gasteiger partial charge in [0.1, 0.15) is 5.82 Å². The van der Waals surface area contributed by atoms with E-state index < -0.39 is 5.82 Å². The molecule has 0 aliphatic carbocycles. The van der Waals surface area contributed by atoms with Gasteiger partial charge in [-0.15, -0.1) is 0 Å². The van der Waals surface area contributed by atoms with E-state index in [2.05, 4.69) is 0 Å². The van der Waals surface area contributed by atoms with Crippen LogP contribution in [0.3, 0.4) is 0 Å². The van der Waals surface area contributed by atoms with Gasteiger partial charge in [0.25, 0.3) is 0 Å². The summed E-state index contributed by atoms with van der Waals surface area (Å²) in [6, 6.07) is 11.5. The molecule has 0 bridgehead atoms. The Labute approximate surface area is 123 Å². The van der Waals surface area contributed by atoms with E-state index in [1.165, 1.54) is 19.2 Å². The van der Waals surface area contributed by atoms with Crippen LogP contribution in [-0.4, -0.2) is 13.7 Å². The van der Waals surface area contributed by atoms with Gasteiger partial charge in [-0.25, -0.2) is 8.78 Å². The molecule has 0 fully saturated rings. The summed E-state index contributed by atoms with van der Waals surface area (Å²) in [6.07, 6.45) is 1.14. The Morgan fingerprint density at radius 1 is 1.05 bits per heavy atom. The van der Waals surface area contributed by atoms with E-state index in [0.29, 0.717) is 24.9 Å². The Kier molecular flexibility index (Phi) is 5.28. The van der Waals surface area contributed by atoms with Gasteiger partial charge in [0, 0.05) is 0 Å². The lowest BCUT2D eigenvalue weighted by Crippen LogP contribution is -2.20. The molecule has 21 heavy (non-hydrogen) atoms. The standard InChI is InChI=1S/C17H19F2NO/c1-21-17-7-6-12(10-16(17)19)8-13(11-20)9-14-4-2-3-5-15(14)18/h2-7,10,13H,8-9,11,20H2,1H3. The van der Waals surface area contributed by atoms with Gasteiger partial charge in [-0.1, -0.05) is 24.3 Å². The molecule has 2 nitrogen and oxygen atoms in total. The van der Waals surface area contributed by atoms with E-state index in [1.54, 1.807) is 24.3 Å². The molecular formula is C17H19F2NO. The van der Waals surface area contributed by atoms with E-state index in [1.807, 2.05) is 6.07 Å². The second-order valence-electron chi connectivity index (χ2n) is 5.07. The zero-order chi connectivity index (χ0) is 15.2. The number of rotatable bonds is 6. The summed E-state index contributed by atoms with van der Waals surface area (Å²) in [4.78, 5) is 0. The molecule has 0 aliphatic rings. The van der Waals surface area contributed by atoms with Crippen molar-refractivity contribution >= 4 is 0 Å². The summed E-state index contributed by atoms with van der Waals surface area (Å²) in [5.74, 6) is -0.333. The average Bonchev–Trinajstić information content (AvgIpc) is 2.49. The van der Waals surface area contributed by atoms with Gasteiger partial charge in [0.2, 0.25) is 0 Å². The van der Waals surface area contributed by atoms with Crippen molar-refractivity contribution in [3.05, 3.63) is 65.2 Å². The number of hydrogen-bond acceptors (Lipinski definition) is 2. The molecule has 2 aromatic rings. The van der Waals surface area contributed by atoms with Crippen molar-refractivity contribution in [2.45, 2.75) is 12.8 Å². The number of ether oxygens (including phenoxy) is 1. The summed E-state index contributed by atoms with van der Waals surface area (Å²) >= 11 is 0. The molecule has 0 aromatic heterocycles. The molecule has 2 rings (SSSR count). The number of halogens is 2. The first-order chi connectivity index (χ1) is 10.1. The topological polar surface area (TPSA) is 35.2 Å². The molecule has 0 amide bonds. The number of methoxy groups -OCH3 is 1. The molecule has 1 atom stereocenters. The van der Waals surface area contributed by atoms with Crippen LogP contribution < -0.4 is 10.5 Å². The number of hydrogen-bond donors (Lipinski definition) is 1. The van der Waals surface area contributed by atoms with E-state index in [0.717, 1.165) is 5.56 Å². The van der Waals surface area contributed by atoms with Crippen molar-refractivity contribution in [3.63, 3.8) is 0 Å². The van der Waals surface area contributed by atoms with E-state index in [9.17, 15) is 8.78 Å². The van der Waals surface area contributed by atoms with Gasteiger partial charge in [-0.3, -0.25) is 0 Å². The second kappa shape index (κ2) is 7.18. The predicted molar refractivity (Wildman–Crippen MR) is 79.3 cm³/mol. The number of benzene rings is 2. The molecule has 0 saturated carbocycles. The maximum absolute atomic E-state index is 13.7. The molecule has 0 aliphatic heterocycles. The van der Waals surface area contributed by atoms with Crippen LogP contribution in [-0.2, 0) is 12.8 Å². The van der Waals surface area contributed by atoms with Crippen LogP contribution in [0.15, 0.2) is 42.5 Å². The van der Waals surface area contributed by atoms with Gasteiger partial charge in [0.15, 0.2) is 11.6 Å². The average molecular weight is 291 g/mol. The highest BCUT2D eigenvalue weighted by Gasteiger charge is 2.13. The summed E-state index contributed by atoms with van der Waals surface area (Å²) < 4.78 is 32.2. The van der Waals surface area contributed by atoms with Crippen LogP contribution in [0.1, 0.15) is 11.1 Å². The van der Waals surface area contributed by atoms with Crippen LogP contribution >= 0.6 is 0 Å².